The summed E-state index contributed by atoms with van der Waals surface area (Å²) in [7, 11) is -2.90. The van der Waals surface area contributed by atoms with Crippen molar-refractivity contribution in [3.63, 3.8) is 0 Å². The van der Waals surface area contributed by atoms with Gasteiger partial charge in [0.15, 0.2) is 0 Å². The summed E-state index contributed by atoms with van der Waals surface area (Å²) in [4.78, 5) is 7.26. The largest absolute Gasteiger partial charge is 0.433 e. The minimum atomic E-state index is -4.63. The lowest BCUT2D eigenvalue weighted by molar-refractivity contribution is -0.151. The molecule has 1 aliphatic rings. The Morgan fingerprint density at radius 2 is 1.53 bits per heavy atom. The van der Waals surface area contributed by atoms with E-state index in [1.165, 1.54) is 0 Å². The van der Waals surface area contributed by atoms with Crippen molar-refractivity contribution >= 4 is 24.6 Å². The van der Waals surface area contributed by atoms with Crippen molar-refractivity contribution in [1.82, 2.24) is 9.97 Å². The monoisotopic (exact) mass is 547 g/mol. The number of hydrogen-bond acceptors (Lipinski definition) is 7. The van der Waals surface area contributed by atoms with E-state index in [1.807, 2.05) is 60.7 Å². The minimum absolute atomic E-state index is 0.0122. The Labute approximate surface area is 220 Å². The molecule has 1 saturated heterocycles. The maximum absolute atomic E-state index is 13.0. The number of nitrogens with zero attached hydrogens (tertiary/aromatic N) is 2. The van der Waals surface area contributed by atoms with Crippen LogP contribution < -0.4 is 15.7 Å². The number of anilines is 1. The predicted molar refractivity (Wildman–Crippen MR) is 140 cm³/mol. The second kappa shape index (κ2) is 11.1. The zero-order valence-corrected chi connectivity index (χ0v) is 22.4. The molecule has 0 spiro atoms. The van der Waals surface area contributed by atoms with Crippen LogP contribution in [0.5, 0.6) is 0 Å². The maximum atomic E-state index is 13.0. The van der Waals surface area contributed by atoms with Crippen LogP contribution in [0.2, 0.25) is 5.04 Å². The van der Waals surface area contributed by atoms with Gasteiger partial charge < -0.3 is 24.7 Å². The second-order valence-electron chi connectivity index (χ2n) is 10.3. The lowest BCUT2D eigenvalue weighted by Gasteiger charge is -2.45. The van der Waals surface area contributed by atoms with Gasteiger partial charge in [-0.3, -0.25) is 0 Å². The van der Waals surface area contributed by atoms with E-state index in [0.717, 1.165) is 22.6 Å². The summed E-state index contributed by atoms with van der Waals surface area (Å²) in [5.74, 6) is -0.318. The topological polar surface area (TPSA) is 96.7 Å². The fourth-order valence-corrected chi connectivity index (χ4v) is 9.45. The molecule has 11 heteroatoms. The quantitative estimate of drug-likeness (QED) is 0.392. The van der Waals surface area contributed by atoms with Gasteiger partial charge in [0.05, 0.1) is 19.3 Å². The van der Waals surface area contributed by atoms with Gasteiger partial charge in [0.1, 0.15) is 24.0 Å². The van der Waals surface area contributed by atoms with Gasteiger partial charge in [0.2, 0.25) is 5.95 Å². The molecule has 0 aliphatic carbocycles. The molecule has 1 fully saturated rings. The highest BCUT2D eigenvalue weighted by atomic mass is 28.4. The third kappa shape index (κ3) is 5.76. The third-order valence-electron chi connectivity index (χ3n) is 6.77. The van der Waals surface area contributed by atoms with Crippen LogP contribution in [0.1, 0.15) is 26.5 Å². The summed E-state index contributed by atoms with van der Waals surface area (Å²) >= 11 is 0. The first-order chi connectivity index (χ1) is 17.9. The normalized spacial score (nSPS) is 22.7. The molecule has 0 amide bonds. The Kier molecular flexibility index (Phi) is 8.24. The molecule has 3 aromatic rings. The molecule has 4 atom stereocenters. The van der Waals surface area contributed by atoms with Gasteiger partial charge >= 0.3 is 6.18 Å². The van der Waals surface area contributed by atoms with Crippen LogP contribution in [0.3, 0.4) is 0 Å². The van der Waals surface area contributed by atoms with Crippen LogP contribution in [-0.2, 0) is 15.3 Å². The maximum Gasteiger partial charge on any atom is 0.433 e. The zero-order chi connectivity index (χ0) is 27.6. The van der Waals surface area contributed by atoms with Crippen molar-refractivity contribution in [3.8, 4) is 0 Å². The van der Waals surface area contributed by atoms with E-state index < -0.39 is 44.5 Å². The molecule has 3 N–H and O–H groups in total. The molecule has 0 unspecified atom stereocenters. The molecule has 0 bridgehead atoms. The highest BCUT2D eigenvalue weighted by Crippen LogP contribution is 2.37. The fourth-order valence-electron chi connectivity index (χ4n) is 4.88. The van der Waals surface area contributed by atoms with E-state index in [4.69, 9.17) is 9.16 Å². The average molecular weight is 548 g/mol. The van der Waals surface area contributed by atoms with Gasteiger partial charge in [-0.05, 0) is 21.5 Å². The number of rotatable bonds is 7. The van der Waals surface area contributed by atoms with Crippen LogP contribution in [0.4, 0.5) is 19.1 Å². The van der Waals surface area contributed by atoms with E-state index >= 15 is 0 Å². The van der Waals surface area contributed by atoms with E-state index in [1.54, 1.807) is 0 Å². The van der Waals surface area contributed by atoms with Gasteiger partial charge in [-0.2, -0.15) is 13.2 Å². The van der Waals surface area contributed by atoms with Crippen molar-refractivity contribution < 1.29 is 32.5 Å². The smallest absolute Gasteiger partial charge is 0.405 e. The lowest BCUT2D eigenvalue weighted by Crippen LogP contribution is -2.68. The molecule has 4 rings (SSSR count). The lowest BCUT2D eigenvalue weighted by atomic mass is 9.98. The van der Waals surface area contributed by atoms with Crippen LogP contribution >= 0.6 is 0 Å². The number of alkyl halides is 3. The van der Waals surface area contributed by atoms with Crippen LogP contribution in [-0.4, -0.2) is 66.1 Å². The molecule has 204 valence electrons. The molecule has 7 nitrogen and oxygen atoms in total. The highest BCUT2D eigenvalue weighted by molar-refractivity contribution is 6.99. The van der Waals surface area contributed by atoms with E-state index in [9.17, 15) is 23.4 Å². The second-order valence-corrected chi connectivity index (χ2v) is 14.6. The molecule has 0 radical (unpaired) electrons. The predicted octanol–water partition coefficient (Wildman–Crippen LogP) is 2.97. The number of ether oxygens (including phenoxy) is 1. The average Bonchev–Trinajstić information content (AvgIpc) is 2.88. The number of halogens is 3. The van der Waals surface area contributed by atoms with Gasteiger partial charge in [-0.15, -0.1) is 0 Å². The minimum Gasteiger partial charge on any atom is -0.405 e. The summed E-state index contributed by atoms with van der Waals surface area (Å²) in [6.07, 6.45) is -7.22. The van der Waals surface area contributed by atoms with Gasteiger partial charge in [0.25, 0.3) is 8.32 Å². The molecule has 0 saturated carbocycles. The molecular formula is C27H32F3N3O4Si. The summed E-state index contributed by atoms with van der Waals surface area (Å²) < 4.78 is 51.7. The van der Waals surface area contributed by atoms with Crippen LogP contribution in [0.15, 0.2) is 72.9 Å². The number of aromatic nitrogens is 2. The van der Waals surface area contributed by atoms with Crippen molar-refractivity contribution in [1.29, 1.82) is 0 Å². The zero-order valence-electron chi connectivity index (χ0n) is 21.4. The summed E-state index contributed by atoms with van der Waals surface area (Å²) in [5, 5.41) is 26.2. The van der Waals surface area contributed by atoms with Crippen LogP contribution in [0, 0.1) is 0 Å². The van der Waals surface area contributed by atoms with Crippen molar-refractivity contribution in [2.45, 2.75) is 56.3 Å². The van der Waals surface area contributed by atoms with E-state index in [-0.39, 0.29) is 24.2 Å². The molecule has 1 aliphatic heterocycles. The first kappa shape index (κ1) is 28.2. The number of hydrogen-bond donors (Lipinski definition) is 3. The molecular weight excluding hydrogens is 515 g/mol. The Morgan fingerprint density at radius 3 is 2.05 bits per heavy atom. The first-order valence-corrected chi connectivity index (χ1v) is 14.2. The fraction of sp³-hybridized carbons (Fsp3) is 0.407. The van der Waals surface area contributed by atoms with Crippen molar-refractivity contribution in [2.24, 2.45) is 0 Å². The SMILES string of the molecule is CC(C)(C)[Si](OC[C@H]1OC[C@H](Nc2nccc(C(F)(F)F)n2)[C@@H](O)[C@H]1O)(c1ccccc1)c1ccccc1. The summed E-state index contributed by atoms with van der Waals surface area (Å²) in [6, 6.07) is 19.8. The first-order valence-electron chi connectivity index (χ1n) is 12.3. The Balaban J connectivity index is 1.53. The number of nitrogens with one attached hydrogen (secondary N) is 1. The van der Waals surface area contributed by atoms with E-state index in [2.05, 4.69) is 36.1 Å². The van der Waals surface area contributed by atoms with E-state index in [0.29, 0.717) is 0 Å². The Morgan fingerprint density at radius 1 is 0.947 bits per heavy atom. The molecule has 2 heterocycles. The highest BCUT2D eigenvalue weighted by Gasteiger charge is 2.51. The molecule has 1 aromatic heterocycles. The standard InChI is InChI=1S/C27H32F3N3O4Si/c1-26(2,3)38(18-10-6-4-7-11-18,19-12-8-5-9-13-19)37-17-21-24(35)23(34)20(16-36-21)32-25-31-15-14-22(33-25)27(28,29)30/h4-15,20-21,23-24,34-35H,16-17H2,1-3H3,(H,31,32,33)/t20-,21+,23+,24-/m0/s1. The number of aliphatic hydroxyl groups is 2. The van der Waals surface area contributed by atoms with Crippen LogP contribution in [0.25, 0.3) is 0 Å². The summed E-state index contributed by atoms with van der Waals surface area (Å²) in [5.41, 5.74) is -1.11. The molecule has 2 aromatic carbocycles. The van der Waals surface area contributed by atoms with Gasteiger partial charge in [-0.25, -0.2) is 9.97 Å². The van der Waals surface area contributed by atoms with Gasteiger partial charge in [-0.1, -0.05) is 81.4 Å². The van der Waals surface area contributed by atoms with Gasteiger partial charge in [0, 0.05) is 6.20 Å². The number of aliphatic hydroxyl groups excluding tert-OH is 2. The summed E-state index contributed by atoms with van der Waals surface area (Å²) in [6.45, 7) is 6.30. The van der Waals surface area contributed by atoms with Crippen molar-refractivity contribution in [3.05, 3.63) is 78.6 Å². The Hall–Kier alpha value is -2.83. The Bertz CT molecular complexity index is 1160. The third-order valence-corrected chi connectivity index (χ3v) is 11.8. The molecule has 38 heavy (non-hydrogen) atoms. The van der Waals surface area contributed by atoms with Crippen molar-refractivity contribution in [2.75, 3.05) is 18.5 Å². The number of benzene rings is 2.